The smallest absolute Gasteiger partial charge is 0.405 e. The van der Waals surface area contributed by atoms with Crippen molar-refractivity contribution in [3.8, 4) is 34.3 Å². The normalized spacial score (nSPS) is 16.2. The molecule has 0 unspecified atom stereocenters. The Kier molecular flexibility index (Phi) is 7.19. The van der Waals surface area contributed by atoms with E-state index in [-0.39, 0.29) is 13.2 Å². The summed E-state index contributed by atoms with van der Waals surface area (Å²) in [5.41, 5.74) is 1.44. The minimum atomic E-state index is -1.14. The maximum Gasteiger partial charge on any atom is 0.405 e. The minimum Gasteiger partial charge on any atom is -0.490 e. The van der Waals surface area contributed by atoms with Gasteiger partial charge in [0.15, 0.2) is 17.3 Å². The molecule has 0 atom stereocenters. The van der Waals surface area contributed by atoms with E-state index in [0.717, 1.165) is 16.5 Å². The molecule has 11 nitrogen and oxygen atoms in total. The lowest BCUT2D eigenvalue weighted by Crippen LogP contribution is -2.62. The Hall–Kier alpha value is -4.09. The number of ether oxygens (including phenoxy) is 4. The maximum atomic E-state index is 11.6. The highest BCUT2D eigenvalue weighted by atomic mass is 16.7. The number of hydrogen-bond donors (Lipinski definition) is 2. The fourth-order valence-electron chi connectivity index (χ4n) is 4.65. The fourth-order valence-corrected chi connectivity index (χ4v) is 4.65. The third-order valence-corrected chi connectivity index (χ3v) is 6.51. The van der Waals surface area contributed by atoms with E-state index >= 15 is 0 Å². The number of rotatable bonds is 9. The summed E-state index contributed by atoms with van der Waals surface area (Å²) in [4.78, 5) is 16.3. The number of fused-ring (bicyclic) bond motifs is 1. The van der Waals surface area contributed by atoms with E-state index in [0.29, 0.717) is 48.5 Å². The Morgan fingerprint density at radius 3 is 2.54 bits per heavy atom. The van der Waals surface area contributed by atoms with E-state index in [2.05, 4.69) is 15.5 Å². The average Bonchev–Trinajstić information content (AvgIpc) is 3.55. The van der Waals surface area contributed by atoms with Crippen LogP contribution in [0.5, 0.6) is 11.5 Å². The second-order valence-electron chi connectivity index (χ2n) is 9.82. The molecule has 2 aromatic heterocycles. The Bertz CT molecular complexity index is 1470. The topological polar surface area (TPSA) is 130 Å². The van der Waals surface area contributed by atoms with Crippen molar-refractivity contribution in [2.45, 2.75) is 45.6 Å². The van der Waals surface area contributed by atoms with E-state index in [1.807, 2.05) is 67.1 Å². The summed E-state index contributed by atoms with van der Waals surface area (Å²) in [6.45, 7) is 9.12. The van der Waals surface area contributed by atoms with Crippen molar-refractivity contribution >= 4 is 17.0 Å². The average molecular weight is 537 g/mol. The summed E-state index contributed by atoms with van der Waals surface area (Å²) in [6, 6.07) is 13.3. The molecule has 11 heteroatoms. The molecule has 1 aliphatic heterocycles. The van der Waals surface area contributed by atoms with E-state index < -0.39 is 17.4 Å². The standard InChI is InChI=1S/C28H32N4O7/c1-5-35-22-11-10-18(14-23(22)36-6-2)25-29-24(31-39-25)20-8-7-9-21-19(20)12-13-32(21)15-28(30-26(33)34)16-37-27(3,4)38-17-28/h7-14,30H,5-6,15-17H2,1-4H3,(H,33,34). The molecule has 0 saturated carbocycles. The van der Waals surface area contributed by atoms with Gasteiger partial charge in [0.25, 0.3) is 5.89 Å². The van der Waals surface area contributed by atoms with Gasteiger partial charge in [-0.1, -0.05) is 17.3 Å². The van der Waals surface area contributed by atoms with Crippen LogP contribution in [0.15, 0.2) is 53.2 Å². The van der Waals surface area contributed by atoms with Crippen molar-refractivity contribution in [2.75, 3.05) is 26.4 Å². The number of nitrogens with one attached hydrogen (secondary N) is 1. The molecule has 1 saturated heterocycles. The van der Waals surface area contributed by atoms with E-state index in [1.54, 1.807) is 13.8 Å². The fraction of sp³-hybridized carbons (Fsp3) is 0.393. The molecule has 0 spiro atoms. The van der Waals surface area contributed by atoms with E-state index in [4.69, 9.17) is 23.5 Å². The van der Waals surface area contributed by atoms with Gasteiger partial charge in [-0.15, -0.1) is 0 Å². The molecular weight excluding hydrogens is 504 g/mol. The van der Waals surface area contributed by atoms with Gasteiger partial charge in [-0.3, -0.25) is 0 Å². The summed E-state index contributed by atoms with van der Waals surface area (Å²) >= 11 is 0. The van der Waals surface area contributed by atoms with Crippen LogP contribution in [0.1, 0.15) is 27.7 Å². The monoisotopic (exact) mass is 536 g/mol. The van der Waals surface area contributed by atoms with Gasteiger partial charge >= 0.3 is 6.09 Å². The number of hydrogen-bond acceptors (Lipinski definition) is 8. The van der Waals surface area contributed by atoms with E-state index in [9.17, 15) is 9.90 Å². The first-order valence-electron chi connectivity index (χ1n) is 12.8. The van der Waals surface area contributed by atoms with Crippen molar-refractivity contribution in [3.63, 3.8) is 0 Å². The molecule has 1 aliphatic rings. The molecule has 1 fully saturated rings. The van der Waals surface area contributed by atoms with Gasteiger partial charge in [0.2, 0.25) is 5.82 Å². The third-order valence-electron chi connectivity index (χ3n) is 6.51. The first-order valence-corrected chi connectivity index (χ1v) is 12.8. The van der Waals surface area contributed by atoms with Gasteiger partial charge in [0.05, 0.1) is 33.0 Å². The molecule has 39 heavy (non-hydrogen) atoms. The lowest BCUT2D eigenvalue weighted by atomic mass is 10.00. The van der Waals surface area contributed by atoms with Gasteiger partial charge in [0, 0.05) is 28.2 Å². The Balaban J connectivity index is 1.45. The number of carboxylic acid groups (broad SMARTS) is 1. The first-order chi connectivity index (χ1) is 18.7. The zero-order valence-electron chi connectivity index (χ0n) is 22.4. The predicted octanol–water partition coefficient (Wildman–Crippen LogP) is 4.95. The van der Waals surface area contributed by atoms with Gasteiger partial charge in [0.1, 0.15) is 5.54 Å². The lowest BCUT2D eigenvalue weighted by Gasteiger charge is -2.43. The number of amides is 1. The highest BCUT2D eigenvalue weighted by Crippen LogP contribution is 2.35. The van der Waals surface area contributed by atoms with Crippen LogP contribution in [-0.4, -0.2) is 63.7 Å². The van der Waals surface area contributed by atoms with Crippen LogP contribution >= 0.6 is 0 Å². The first kappa shape index (κ1) is 26.5. The van der Waals surface area contributed by atoms with Crippen molar-refractivity contribution < 1.29 is 33.4 Å². The molecule has 0 radical (unpaired) electrons. The van der Waals surface area contributed by atoms with Crippen LogP contribution in [0.4, 0.5) is 4.79 Å². The Labute approximate surface area is 225 Å². The van der Waals surface area contributed by atoms with Gasteiger partial charge in [-0.2, -0.15) is 4.98 Å². The number of benzene rings is 2. The van der Waals surface area contributed by atoms with Crippen LogP contribution in [0.3, 0.4) is 0 Å². The number of aromatic nitrogens is 3. The molecular formula is C28H32N4O7. The summed E-state index contributed by atoms with van der Waals surface area (Å²) in [7, 11) is 0. The van der Waals surface area contributed by atoms with Crippen LogP contribution < -0.4 is 14.8 Å². The van der Waals surface area contributed by atoms with Crippen molar-refractivity contribution in [1.82, 2.24) is 20.0 Å². The van der Waals surface area contributed by atoms with Gasteiger partial charge in [-0.25, -0.2) is 4.79 Å². The van der Waals surface area contributed by atoms with Crippen molar-refractivity contribution in [1.29, 1.82) is 0 Å². The zero-order chi connectivity index (χ0) is 27.6. The minimum absolute atomic E-state index is 0.172. The molecule has 2 N–H and O–H groups in total. The summed E-state index contributed by atoms with van der Waals surface area (Å²) < 4.78 is 30.6. The van der Waals surface area contributed by atoms with Crippen molar-refractivity contribution in [3.05, 3.63) is 48.7 Å². The molecule has 3 heterocycles. The van der Waals surface area contributed by atoms with Gasteiger partial charge < -0.3 is 38.5 Å². The summed E-state index contributed by atoms with van der Waals surface area (Å²) in [5.74, 6) is 1.28. The molecule has 4 aromatic rings. The number of nitrogens with zero attached hydrogens (tertiary/aromatic N) is 3. The molecule has 2 aromatic carbocycles. The quantitative estimate of drug-likeness (QED) is 0.305. The van der Waals surface area contributed by atoms with Gasteiger partial charge in [-0.05, 0) is 58.0 Å². The highest BCUT2D eigenvalue weighted by Gasteiger charge is 2.42. The molecule has 1 amide bonds. The van der Waals surface area contributed by atoms with E-state index in [1.165, 1.54) is 0 Å². The van der Waals surface area contributed by atoms with Crippen LogP contribution in [0, 0.1) is 0 Å². The highest BCUT2D eigenvalue weighted by molar-refractivity contribution is 5.94. The summed E-state index contributed by atoms with van der Waals surface area (Å²) in [5, 5.41) is 17.3. The SMILES string of the molecule is CCOc1ccc(-c2nc(-c3cccc4c3ccn4CC3(NC(=O)O)COC(C)(C)OC3)no2)cc1OCC. The predicted molar refractivity (Wildman–Crippen MR) is 143 cm³/mol. The second kappa shape index (κ2) is 10.6. The van der Waals surface area contributed by atoms with Crippen LogP contribution in [0.25, 0.3) is 33.7 Å². The van der Waals surface area contributed by atoms with Crippen LogP contribution in [0.2, 0.25) is 0 Å². The largest absolute Gasteiger partial charge is 0.490 e. The Morgan fingerprint density at radius 2 is 1.82 bits per heavy atom. The summed E-state index contributed by atoms with van der Waals surface area (Å²) in [6.07, 6.45) is 0.765. The lowest BCUT2D eigenvalue weighted by molar-refractivity contribution is -0.271. The van der Waals surface area contributed by atoms with Crippen molar-refractivity contribution in [2.24, 2.45) is 0 Å². The number of carbonyl (C=O) groups is 1. The molecule has 206 valence electrons. The molecule has 5 rings (SSSR count). The second-order valence-corrected chi connectivity index (χ2v) is 9.82. The molecule has 0 aliphatic carbocycles. The Morgan fingerprint density at radius 1 is 1.08 bits per heavy atom. The molecule has 0 bridgehead atoms. The van der Waals surface area contributed by atoms with Crippen LogP contribution in [-0.2, 0) is 16.0 Å². The maximum absolute atomic E-state index is 11.6. The zero-order valence-corrected chi connectivity index (χ0v) is 22.4. The third kappa shape index (κ3) is 5.55.